The van der Waals surface area contributed by atoms with Gasteiger partial charge in [-0.15, -0.1) is 0 Å². The van der Waals surface area contributed by atoms with Crippen LogP contribution in [0.3, 0.4) is 0 Å². The van der Waals surface area contributed by atoms with E-state index in [9.17, 15) is 13.6 Å². The van der Waals surface area contributed by atoms with E-state index < -0.39 is 17.7 Å². The topological polar surface area (TPSA) is 78.9 Å². The molecular weight excluding hydrogens is 400 g/mol. The first-order chi connectivity index (χ1) is 14.0. The summed E-state index contributed by atoms with van der Waals surface area (Å²) < 4.78 is 26.5. The third-order valence-corrected chi connectivity index (χ3v) is 4.74. The number of nitrogens with zero attached hydrogens (tertiary/aromatic N) is 2. The van der Waals surface area contributed by atoms with Crippen molar-refractivity contribution in [1.29, 1.82) is 0 Å². The molecule has 29 heavy (non-hydrogen) atoms. The van der Waals surface area contributed by atoms with E-state index in [4.69, 9.17) is 11.6 Å². The molecule has 0 bridgehead atoms. The SMILES string of the molecule is O=C(NCCNc1nc(C2CC2)nc2cc(Cl)ccc12)Nc1ccc(F)cc1F. The summed E-state index contributed by atoms with van der Waals surface area (Å²) in [5, 5.41) is 9.62. The minimum Gasteiger partial charge on any atom is -0.368 e. The maximum absolute atomic E-state index is 13.6. The number of urea groups is 1. The number of carbonyl (C=O) groups is 1. The number of carbonyl (C=O) groups excluding carboxylic acids is 1. The maximum atomic E-state index is 13.6. The molecule has 6 nitrogen and oxygen atoms in total. The van der Waals surface area contributed by atoms with Gasteiger partial charge in [0, 0.05) is 35.5 Å². The van der Waals surface area contributed by atoms with Crippen molar-refractivity contribution in [2.75, 3.05) is 23.7 Å². The van der Waals surface area contributed by atoms with Crippen LogP contribution in [0.25, 0.3) is 10.9 Å². The van der Waals surface area contributed by atoms with Gasteiger partial charge in [0.25, 0.3) is 0 Å². The Kier molecular flexibility index (Phi) is 5.44. The smallest absolute Gasteiger partial charge is 0.319 e. The fourth-order valence-electron chi connectivity index (χ4n) is 2.89. The number of fused-ring (bicyclic) bond motifs is 1. The van der Waals surface area contributed by atoms with Crippen molar-refractivity contribution in [2.24, 2.45) is 0 Å². The monoisotopic (exact) mass is 417 g/mol. The molecule has 4 rings (SSSR count). The lowest BCUT2D eigenvalue weighted by atomic mass is 10.2. The van der Waals surface area contributed by atoms with Crippen LogP contribution >= 0.6 is 11.6 Å². The Morgan fingerprint density at radius 1 is 1.10 bits per heavy atom. The van der Waals surface area contributed by atoms with E-state index >= 15 is 0 Å². The first kappa shape index (κ1) is 19.3. The highest BCUT2D eigenvalue weighted by Crippen LogP contribution is 2.39. The van der Waals surface area contributed by atoms with Crippen molar-refractivity contribution in [3.63, 3.8) is 0 Å². The van der Waals surface area contributed by atoms with E-state index in [0.717, 1.165) is 35.6 Å². The van der Waals surface area contributed by atoms with Crippen LogP contribution < -0.4 is 16.0 Å². The van der Waals surface area contributed by atoms with Gasteiger partial charge in [0.2, 0.25) is 0 Å². The van der Waals surface area contributed by atoms with Crippen LogP contribution in [0.4, 0.5) is 25.1 Å². The van der Waals surface area contributed by atoms with Crippen molar-refractivity contribution >= 4 is 40.0 Å². The van der Waals surface area contributed by atoms with Gasteiger partial charge < -0.3 is 16.0 Å². The van der Waals surface area contributed by atoms with Crippen molar-refractivity contribution in [3.8, 4) is 0 Å². The number of halogens is 3. The first-order valence-corrected chi connectivity index (χ1v) is 9.58. The van der Waals surface area contributed by atoms with Crippen molar-refractivity contribution in [1.82, 2.24) is 15.3 Å². The molecule has 0 saturated heterocycles. The highest BCUT2D eigenvalue weighted by molar-refractivity contribution is 6.31. The second-order valence-electron chi connectivity index (χ2n) is 6.80. The standard InChI is InChI=1S/C20H18ClF2N5O/c21-12-3-5-14-17(9-12)26-18(11-1-2-11)28-19(14)24-7-8-25-20(29)27-16-6-4-13(22)10-15(16)23/h3-6,9-11H,1-2,7-8H2,(H,24,26,28)(H2,25,27,29). The molecule has 1 aromatic heterocycles. The number of anilines is 2. The van der Waals surface area contributed by atoms with Crippen molar-refractivity contribution in [2.45, 2.75) is 18.8 Å². The van der Waals surface area contributed by atoms with Crippen molar-refractivity contribution in [3.05, 3.63) is 58.9 Å². The summed E-state index contributed by atoms with van der Waals surface area (Å²) in [4.78, 5) is 21.1. The van der Waals surface area contributed by atoms with E-state index in [1.165, 1.54) is 6.07 Å². The molecule has 0 unspecified atom stereocenters. The average Bonchev–Trinajstić information content (AvgIpc) is 3.52. The van der Waals surface area contributed by atoms with E-state index in [-0.39, 0.29) is 12.2 Å². The number of hydrogen-bond donors (Lipinski definition) is 3. The maximum Gasteiger partial charge on any atom is 0.319 e. The van der Waals surface area contributed by atoms with E-state index in [0.29, 0.717) is 29.4 Å². The van der Waals surface area contributed by atoms with Gasteiger partial charge in [0.05, 0.1) is 11.2 Å². The molecule has 9 heteroatoms. The van der Waals surface area contributed by atoms with E-state index in [2.05, 4.69) is 25.9 Å². The Labute approximate surface area is 170 Å². The molecule has 150 valence electrons. The number of hydrogen-bond acceptors (Lipinski definition) is 4. The Morgan fingerprint density at radius 2 is 1.93 bits per heavy atom. The summed E-state index contributed by atoms with van der Waals surface area (Å²) in [6.45, 7) is 0.671. The molecule has 3 N–H and O–H groups in total. The Morgan fingerprint density at radius 3 is 2.69 bits per heavy atom. The van der Waals surface area contributed by atoms with Gasteiger partial charge in [0.15, 0.2) is 0 Å². The van der Waals surface area contributed by atoms with Gasteiger partial charge in [-0.3, -0.25) is 0 Å². The minimum absolute atomic E-state index is 0.0930. The summed E-state index contributed by atoms with van der Waals surface area (Å²) in [5.74, 6) is 0.312. The van der Waals surface area contributed by atoms with Gasteiger partial charge in [-0.1, -0.05) is 11.6 Å². The zero-order valence-corrected chi connectivity index (χ0v) is 16.1. The Balaban J connectivity index is 1.36. The van der Waals surface area contributed by atoms with Gasteiger partial charge in [-0.2, -0.15) is 0 Å². The molecule has 2 aromatic carbocycles. The molecule has 2 amide bonds. The molecule has 0 aliphatic heterocycles. The van der Waals surface area contributed by atoms with Crippen LogP contribution in [0.15, 0.2) is 36.4 Å². The molecule has 0 atom stereocenters. The summed E-state index contributed by atoms with van der Waals surface area (Å²) in [5.41, 5.74) is 0.680. The molecule has 0 spiro atoms. The van der Waals surface area contributed by atoms with E-state index in [1.807, 2.05) is 6.07 Å². The molecule has 1 heterocycles. The highest BCUT2D eigenvalue weighted by atomic mass is 35.5. The zero-order chi connectivity index (χ0) is 20.4. The summed E-state index contributed by atoms with van der Waals surface area (Å²) in [7, 11) is 0. The quantitative estimate of drug-likeness (QED) is 0.509. The van der Waals surface area contributed by atoms with Gasteiger partial charge >= 0.3 is 6.03 Å². The van der Waals surface area contributed by atoms with Crippen LogP contribution in [0.2, 0.25) is 5.02 Å². The highest BCUT2D eigenvalue weighted by Gasteiger charge is 2.27. The minimum atomic E-state index is -0.836. The number of nitrogens with one attached hydrogen (secondary N) is 3. The number of amides is 2. The first-order valence-electron chi connectivity index (χ1n) is 9.20. The van der Waals surface area contributed by atoms with Crippen LogP contribution in [0.5, 0.6) is 0 Å². The number of benzene rings is 2. The van der Waals surface area contributed by atoms with Crippen molar-refractivity contribution < 1.29 is 13.6 Å². The third-order valence-electron chi connectivity index (χ3n) is 4.50. The van der Waals surface area contributed by atoms with Gasteiger partial charge in [-0.05, 0) is 43.2 Å². The predicted octanol–water partition coefficient (Wildman–Crippen LogP) is 4.67. The normalized spacial score (nSPS) is 13.3. The largest absolute Gasteiger partial charge is 0.368 e. The van der Waals surface area contributed by atoms with Gasteiger partial charge in [0.1, 0.15) is 23.3 Å². The summed E-state index contributed by atoms with van der Waals surface area (Å²) in [6.07, 6.45) is 2.15. The number of aromatic nitrogens is 2. The Bertz CT molecular complexity index is 1070. The number of rotatable bonds is 6. The fourth-order valence-corrected chi connectivity index (χ4v) is 3.06. The zero-order valence-electron chi connectivity index (χ0n) is 15.3. The average molecular weight is 418 g/mol. The predicted molar refractivity (Wildman–Crippen MR) is 108 cm³/mol. The lowest BCUT2D eigenvalue weighted by Crippen LogP contribution is -2.33. The summed E-state index contributed by atoms with van der Waals surface area (Å²) >= 11 is 6.08. The van der Waals surface area contributed by atoms with Gasteiger partial charge in [-0.25, -0.2) is 23.5 Å². The molecule has 1 fully saturated rings. The molecule has 1 aliphatic rings. The summed E-state index contributed by atoms with van der Waals surface area (Å²) in [6, 6.07) is 7.80. The molecular formula is C20H18ClF2N5O. The van der Waals surface area contributed by atoms with Crippen LogP contribution in [0, 0.1) is 11.6 Å². The lowest BCUT2D eigenvalue weighted by molar-refractivity contribution is 0.252. The second kappa shape index (κ2) is 8.16. The third kappa shape index (κ3) is 4.71. The lowest BCUT2D eigenvalue weighted by Gasteiger charge is -2.12. The fraction of sp³-hybridized carbons (Fsp3) is 0.250. The molecule has 0 radical (unpaired) electrons. The van der Waals surface area contributed by atoms with E-state index in [1.54, 1.807) is 12.1 Å². The Hall–Kier alpha value is -3.00. The second-order valence-corrected chi connectivity index (χ2v) is 7.23. The molecule has 1 saturated carbocycles. The molecule has 1 aliphatic carbocycles. The molecule has 3 aromatic rings. The van der Waals surface area contributed by atoms with Crippen LogP contribution in [0.1, 0.15) is 24.6 Å². The van der Waals surface area contributed by atoms with Crippen LogP contribution in [-0.4, -0.2) is 29.1 Å². The van der Waals surface area contributed by atoms with Crippen LogP contribution in [-0.2, 0) is 0 Å².